The fourth-order valence-electron chi connectivity index (χ4n) is 2.78. The highest BCUT2D eigenvalue weighted by Gasteiger charge is 2.25. The van der Waals surface area contributed by atoms with Gasteiger partial charge in [-0.3, -0.25) is 4.79 Å². The van der Waals surface area contributed by atoms with E-state index >= 15 is 0 Å². The van der Waals surface area contributed by atoms with Crippen LogP contribution in [0.25, 0.3) is 10.1 Å². The van der Waals surface area contributed by atoms with E-state index in [2.05, 4.69) is 10.6 Å². The van der Waals surface area contributed by atoms with Crippen LogP contribution in [0.3, 0.4) is 0 Å². The number of aliphatic hydroxyl groups excluding tert-OH is 1. The molecule has 2 heterocycles. The summed E-state index contributed by atoms with van der Waals surface area (Å²) in [5.74, 6) is 0.802. The van der Waals surface area contributed by atoms with Gasteiger partial charge in [0.05, 0.1) is 18.1 Å². The van der Waals surface area contributed by atoms with Crippen LogP contribution in [0, 0.1) is 12.8 Å². The van der Waals surface area contributed by atoms with Crippen LogP contribution < -0.4 is 15.4 Å². The van der Waals surface area contributed by atoms with Gasteiger partial charge < -0.3 is 20.5 Å². The molecule has 1 saturated heterocycles. The summed E-state index contributed by atoms with van der Waals surface area (Å²) < 4.78 is 6.32. The van der Waals surface area contributed by atoms with E-state index in [0.29, 0.717) is 13.1 Å². The number of thiophene rings is 1. The van der Waals surface area contributed by atoms with Gasteiger partial charge in [-0.15, -0.1) is 23.7 Å². The molecule has 23 heavy (non-hydrogen) atoms. The summed E-state index contributed by atoms with van der Waals surface area (Å²) in [5, 5.41) is 16.9. The topological polar surface area (TPSA) is 70.6 Å². The van der Waals surface area contributed by atoms with Gasteiger partial charge in [-0.1, -0.05) is 0 Å². The van der Waals surface area contributed by atoms with Crippen LogP contribution in [0.1, 0.15) is 15.2 Å². The van der Waals surface area contributed by atoms with Crippen LogP contribution in [-0.2, 0) is 0 Å². The number of nitrogens with one attached hydrogen (secondary N) is 2. The average molecular weight is 357 g/mol. The van der Waals surface area contributed by atoms with Crippen molar-refractivity contribution in [2.75, 3.05) is 26.7 Å². The van der Waals surface area contributed by atoms with Gasteiger partial charge in [0.2, 0.25) is 0 Å². The van der Waals surface area contributed by atoms with E-state index in [4.69, 9.17) is 4.74 Å². The van der Waals surface area contributed by atoms with E-state index in [9.17, 15) is 9.90 Å². The molecule has 0 radical (unpaired) electrons. The van der Waals surface area contributed by atoms with Gasteiger partial charge in [0, 0.05) is 30.3 Å². The van der Waals surface area contributed by atoms with E-state index in [1.54, 1.807) is 7.11 Å². The van der Waals surface area contributed by atoms with Crippen molar-refractivity contribution in [2.24, 2.45) is 5.92 Å². The zero-order valence-corrected chi connectivity index (χ0v) is 14.7. The Bertz CT molecular complexity index is 704. The van der Waals surface area contributed by atoms with Crippen molar-refractivity contribution in [1.82, 2.24) is 10.6 Å². The number of halogens is 1. The number of methoxy groups -OCH3 is 1. The summed E-state index contributed by atoms with van der Waals surface area (Å²) in [6.07, 6.45) is -0.381. The summed E-state index contributed by atoms with van der Waals surface area (Å²) in [6.45, 7) is 3.79. The number of β-amino-alcohol motifs (C(OH)–C–C–N with tert-alkyl or cyclic N) is 1. The summed E-state index contributed by atoms with van der Waals surface area (Å²) in [7, 11) is 1.64. The predicted octanol–water partition coefficient (Wildman–Crippen LogP) is 1.95. The number of carbonyl (C=O) groups excluding carboxylic acids is 1. The quantitative estimate of drug-likeness (QED) is 0.783. The second-order valence-electron chi connectivity index (χ2n) is 5.61. The normalized spacial score (nSPS) is 20.3. The summed E-state index contributed by atoms with van der Waals surface area (Å²) >= 11 is 1.49. The highest BCUT2D eigenvalue weighted by Crippen LogP contribution is 2.33. The van der Waals surface area contributed by atoms with Crippen molar-refractivity contribution < 1.29 is 14.6 Å². The molecule has 1 aliphatic heterocycles. The summed E-state index contributed by atoms with van der Waals surface area (Å²) in [4.78, 5) is 13.1. The average Bonchev–Trinajstić information content (AvgIpc) is 3.08. The van der Waals surface area contributed by atoms with Crippen LogP contribution in [0.2, 0.25) is 0 Å². The largest absolute Gasteiger partial charge is 0.497 e. The van der Waals surface area contributed by atoms with Crippen LogP contribution in [0.15, 0.2) is 18.2 Å². The van der Waals surface area contributed by atoms with Crippen molar-refractivity contribution >= 4 is 39.7 Å². The second-order valence-corrected chi connectivity index (χ2v) is 6.67. The van der Waals surface area contributed by atoms with Crippen molar-refractivity contribution in [1.29, 1.82) is 0 Å². The lowest BCUT2D eigenvalue weighted by Crippen LogP contribution is -2.34. The number of hydrogen-bond acceptors (Lipinski definition) is 5. The number of amides is 1. The van der Waals surface area contributed by atoms with Gasteiger partial charge in [0.1, 0.15) is 5.75 Å². The molecule has 0 saturated carbocycles. The molecule has 0 aliphatic carbocycles. The number of rotatable bonds is 4. The predicted molar refractivity (Wildman–Crippen MR) is 95.1 cm³/mol. The number of aryl methyl sites for hydroxylation is 1. The molecule has 1 aromatic heterocycles. The highest BCUT2D eigenvalue weighted by atomic mass is 35.5. The lowest BCUT2D eigenvalue weighted by atomic mass is 10.1. The maximum Gasteiger partial charge on any atom is 0.261 e. The Hall–Kier alpha value is -1.34. The Morgan fingerprint density at radius 1 is 1.48 bits per heavy atom. The number of carbonyl (C=O) groups is 1. The number of benzene rings is 1. The van der Waals surface area contributed by atoms with E-state index in [1.807, 2.05) is 25.1 Å². The Morgan fingerprint density at radius 3 is 2.91 bits per heavy atom. The van der Waals surface area contributed by atoms with Crippen molar-refractivity contribution in [3.8, 4) is 5.75 Å². The van der Waals surface area contributed by atoms with Gasteiger partial charge in [0.25, 0.3) is 5.91 Å². The molecule has 7 heteroatoms. The molecule has 3 N–H and O–H groups in total. The minimum Gasteiger partial charge on any atom is -0.497 e. The molecule has 1 amide bonds. The van der Waals surface area contributed by atoms with E-state index in [0.717, 1.165) is 32.8 Å². The molecular weight excluding hydrogens is 336 g/mol. The molecule has 0 bridgehead atoms. The minimum absolute atomic E-state index is 0. The minimum atomic E-state index is -0.381. The Kier molecular flexibility index (Phi) is 5.86. The van der Waals surface area contributed by atoms with Crippen LogP contribution in [0.5, 0.6) is 5.75 Å². The van der Waals surface area contributed by atoms with Crippen molar-refractivity contribution in [3.05, 3.63) is 28.6 Å². The van der Waals surface area contributed by atoms with Gasteiger partial charge in [-0.25, -0.2) is 0 Å². The van der Waals surface area contributed by atoms with Gasteiger partial charge >= 0.3 is 0 Å². The molecular formula is C16H21ClN2O3S. The van der Waals surface area contributed by atoms with Crippen molar-refractivity contribution in [3.63, 3.8) is 0 Å². The number of aliphatic hydroxyl groups is 1. The zero-order valence-electron chi connectivity index (χ0n) is 13.1. The van der Waals surface area contributed by atoms with Gasteiger partial charge in [-0.05, 0) is 36.1 Å². The summed E-state index contributed by atoms with van der Waals surface area (Å²) in [6, 6.07) is 5.84. The van der Waals surface area contributed by atoms with E-state index in [1.165, 1.54) is 11.3 Å². The molecule has 5 nitrogen and oxygen atoms in total. The number of fused-ring (bicyclic) bond motifs is 1. The SMILES string of the molecule is COc1ccc2sc(C(=O)NCC3CNCC3O)c(C)c2c1.Cl. The summed E-state index contributed by atoms with van der Waals surface area (Å²) in [5.41, 5.74) is 0.974. The fraction of sp³-hybridized carbons (Fsp3) is 0.438. The smallest absolute Gasteiger partial charge is 0.261 e. The third kappa shape index (κ3) is 3.61. The fourth-order valence-corrected chi connectivity index (χ4v) is 3.88. The molecule has 1 aliphatic rings. The highest BCUT2D eigenvalue weighted by molar-refractivity contribution is 7.21. The molecule has 2 aromatic rings. The lowest BCUT2D eigenvalue weighted by molar-refractivity contribution is 0.0930. The first-order chi connectivity index (χ1) is 10.6. The maximum absolute atomic E-state index is 12.4. The third-order valence-electron chi connectivity index (χ3n) is 4.18. The van der Waals surface area contributed by atoms with Gasteiger partial charge in [0.15, 0.2) is 0 Å². The standard InChI is InChI=1S/C16H20N2O3S.ClH/c1-9-12-5-11(21-2)3-4-14(12)22-15(9)16(20)18-7-10-6-17-8-13(10)19;/h3-5,10,13,17,19H,6-8H2,1-2H3,(H,18,20);1H. The zero-order chi connectivity index (χ0) is 15.7. The molecule has 126 valence electrons. The first-order valence-electron chi connectivity index (χ1n) is 7.34. The third-order valence-corrected chi connectivity index (χ3v) is 5.45. The Morgan fingerprint density at radius 2 is 2.26 bits per heavy atom. The van der Waals surface area contributed by atoms with Crippen molar-refractivity contribution in [2.45, 2.75) is 13.0 Å². The maximum atomic E-state index is 12.4. The second kappa shape index (κ2) is 7.49. The molecule has 2 atom stereocenters. The first kappa shape index (κ1) is 18.0. The van der Waals surface area contributed by atoms with E-state index in [-0.39, 0.29) is 30.3 Å². The Labute approximate surface area is 145 Å². The monoisotopic (exact) mass is 356 g/mol. The Balaban J connectivity index is 0.00000192. The van der Waals surface area contributed by atoms with Crippen LogP contribution in [-0.4, -0.2) is 43.9 Å². The molecule has 2 unspecified atom stereocenters. The molecule has 3 rings (SSSR count). The number of hydrogen-bond donors (Lipinski definition) is 3. The van der Waals surface area contributed by atoms with Crippen LogP contribution in [0.4, 0.5) is 0 Å². The molecule has 1 fully saturated rings. The molecule has 0 spiro atoms. The van der Waals surface area contributed by atoms with Gasteiger partial charge in [-0.2, -0.15) is 0 Å². The lowest BCUT2D eigenvalue weighted by Gasteiger charge is -2.13. The van der Waals surface area contributed by atoms with Crippen LogP contribution >= 0.6 is 23.7 Å². The van der Waals surface area contributed by atoms with E-state index < -0.39 is 0 Å². The first-order valence-corrected chi connectivity index (χ1v) is 8.16. The number of ether oxygens (including phenoxy) is 1. The molecule has 1 aromatic carbocycles.